The monoisotopic (exact) mass is 165 g/mol. The summed E-state index contributed by atoms with van der Waals surface area (Å²) >= 11 is 0. The predicted molar refractivity (Wildman–Crippen MR) is 47.8 cm³/mol. The molecule has 2 rings (SSSR count). The molecule has 0 amide bonds. The van der Waals surface area contributed by atoms with Gasteiger partial charge in [0.05, 0.1) is 6.04 Å². The fourth-order valence-electron chi connectivity index (χ4n) is 1.73. The van der Waals surface area contributed by atoms with E-state index >= 15 is 0 Å². The van der Waals surface area contributed by atoms with Crippen molar-refractivity contribution in [2.75, 3.05) is 6.54 Å². The lowest BCUT2D eigenvalue weighted by Gasteiger charge is -2.05. The number of aromatic amines is 1. The highest BCUT2D eigenvalue weighted by Gasteiger charge is 2.23. The van der Waals surface area contributed by atoms with E-state index in [0.29, 0.717) is 6.04 Å². The van der Waals surface area contributed by atoms with E-state index in [1.165, 1.54) is 6.42 Å². The van der Waals surface area contributed by atoms with Crippen molar-refractivity contribution in [3.05, 3.63) is 17.7 Å². The van der Waals surface area contributed by atoms with Crippen molar-refractivity contribution >= 4 is 0 Å². The Hall–Kier alpha value is -0.830. The van der Waals surface area contributed by atoms with Gasteiger partial charge < -0.3 is 10.3 Å². The molecule has 2 N–H and O–H groups in total. The number of nitrogens with zero attached hydrogens (tertiary/aromatic N) is 1. The summed E-state index contributed by atoms with van der Waals surface area (Å²) in [5.41, 5.74) is 1.14. The van der Waals surface area contributed by atoms with Crippen molar-refractivity contribution in [1.29, 1.82) is 0 Å². The summed E-state index contributed by atoms with van der Waals surface area (Å²) in [6.45, 7) is 5.42. The summed E-state index contributed by atoms with van der Waals surface area (Å²) < 4.78 is 0. The first-order chi connectivity index (χ1) is 5.75. The van der Waals surface area contributed by atoms with Crippen LogP contribution in [-0.4, -0.2) is 16.5 Å². The van der Waals surface area contributed by atoms with Crippen LogP contribution in [0.5, 0.6) is 0 Å². The Labute approximate surface area is 72.6 Å². The minimum Gasteiger partial charge on any atom is -0.345 e. The van der Waals surface area contributed by atoms with Crippen LogP contribution in [0.25, 0.3) is 0 Å². The van der Waals surface area contributed by atoms with Gasteiger partial charge in [0.25, 0.3) is 0 Å². The van der Waals surface area contributed by atoms with Crippen molar-refractivity contribution in [2.24, 2.45) is 5.92 Å². The van der Waals surface area contributed by atoms with Crippen LogP contribution in [0.15, 0.2) is 6.20 Å². The largest absolute Gasteiger partial charge is 0.345 e. The second-order valence-electron chi connectivity index (χ2n) is 3.75. The van der Waals surface area contributed by atoms with Gasteiger partial charge in [0, 0.05) is 11.9 Å². The third-order valence-corrected chi connectivity index (χ3v) is 2.40. The molecule has 0 radical (unpaired) electrons. The molecule has 12 heavy (non-hydrogen) atoms. The van der Waals surface area contributed by atoms with E-state index in [-0.39, 0.29) is 0 Å². The number of aromatic nitrogens is 2. The summed E-state index contributed by atoms with van der Waals surface area (Å²) in [6.07, 6.45) is 3.09. The molecule has 1 aromatic rings. The van der Waals surface area contributed by atoms with E-state index in [1.54, 1.807) is 0 Å². The summed E-state index contributed by atoms with van der Waals surface area (Å²) in [5, 5.41) is 3.44. The van der Waals surface area contributed by atoms with Gasteiger partial charge in [-0.25, -0.2) is 4.98 Å². The van der Waals surface area contributed by atoms with Crippen molar-refractivity contribution < 1.29 is 0 Å². The highest BCUT2D eigenvalue weighted by atomic mass is 15.0. The number of hydrogen-bond acceptors (Lipinski definition) is 2. The molecule has 2 atom stereocenters. The SMILES string of the molecule is Cc1cnc([C@@H]2C[C@H](C)CN2)[nH]1. The number of hydrogen-bond donors (Lipinski definition) is 2. The topological polar surface area (TPSA) is 40.7 Å². The van der Waals surface area contributed by atoms with Crippen molar-refractivity contribution in [1.82, 2.24) is 15.3 Å². The molecule has 1 aliphatic heterocycles. The molecule has 0 aromatic carbocycles. The van der Waals surface area contributed by atoms with Gasteiger partial charge >= 0.3 is 0 Å². The van der Waals surface area contributed by atoms with Gasteiger partial charge in [-0.1, -0.05) is 6.92 Å². The van der Waals surface area contributed by atoms with E-state index < -0.39 is 0 Å². The molecule has 0 bridgehead atoms. The van der Waals surface area contributed by atoms with E-state index in [9.17, 15) is 0 Å². The van der Waals surface area contributed by atoms with Crippen LogP contribution in [0.3, 0.4) is 0 Å². The van der Waals surface area contributed by atoms with Crippen LogP contribution < -0.4 is 5.32 Å². The van der Waals surface area contributed by atoms with Gasteiger partial charge in [-0.15, -0.1) is 0 Å². The molecule has 1 aliphatic rings. The Balaban J connectivity index is 2.11. The van der Waals surface area contributed by atoms with E-state index in [0.717, 1.165) is 24.0 Å². The third-order valence-electron chi connectivity index (χ3n) is 2.40. The van der Waals surface area contributed by atoms with Crippen molar-refractivity contribution in [2.45, 2.75) is 26.3 Å². The first kappa shape index (κ1) is 7.80. The predicted octanol–water partition coefficient (Wildman–Crippen LogP) is 1.39. The van der Waals surface area contributed by atoms with Gasteiger partial charge in [-0.05, 0) is 25.8 Å². The summed E-state index contributed by atoms with van der Waals surface area (Å²) in [5.74, 6) is 1.87. The number of H-pyrrole nitrogens is 1. The van der Waals surface area contributed by atoms with Gasteiger partial charge in [-0.3, -0.25) is 0 Å². The Bertz CT molecular complexity index is 266. The fourth-order valence-corrected chi connectivity index (χ4v) is 1.73. The minimum absolute atomic E-state index is 0.452. The van der Waals surface area contributed by atoms with Crippen LogP contribution in [-0.2, 0) is 0 Å². The highest BCUT2D eigenvalue weighted by Crippen LogP contribution is 2.24. The Morgan fingerprint density at radius 2 is 2.42 bits per heavy atom. The van der Waals surface area contributed by atoms with Crippen LogP contribution >= 0.6 is 0 Å². The zero-order valence-corrected chi connectivity index (χ0v) is 7.59. The molecular formula is C9H15N3. The van der Waals surface area contributed by atoms with E-state index in [4.69, 9.17) is 0 Å². The van der Waals surface area contributed by atoms with Crippen LogP contribution in [0.4, 0.5) is 0 Å². The number of nitrogens with one attached hydrogen (secondary N) is 2. The Kier molecular flexibility index (Phi) is 1.89. The molecule has 0 spiro atoms. The highest BCUT2D eigenvalue weighted by molar-refractivity contribution is 5.04. The van der Waals surface area contributed by atoms with E-state index in [2.05, 4.69) is 22.2 Å². The Morgan fingerprint density at radius 1 is 1.58 bits per heavy atom. The molecule has 66 valence electrons. The summed E-state index contributed by atoms with van der Waals surface area (Å²) in [7, 11) is 0. The summed E-state index contributed by atoms with van der Waals surface area (Å²) in [4.78, 5) is 7.58. The van der Waals surface area contributed by atoms with Crippen LogP contribution in [0.1, 0.15) is 30.9 Å². The number of imidazole rings is 1. The van der Waals surface area contributed by atoms with E-state index in [1.807, 2.05) is 13.1 Å². The van der Waals surface area contributed by atoms with Gasteiger partial charge in [-0.2, -0.15) is 0 Å². The molecule has 2 heterocycles. The first-order valence-electron chi connectivity index (χ1n) is 4.50. The molecule has 0 aliphatic carbocycles. The van der Waals surface area contributed by atoms with Crippen LogP contribution in [0.2, 0.25) is 0 Å². The smallest absolute Gasteiger partial charge is 0.123 e. The molecule has 0 unspecified atom stereocenters. The standard InChI is InChI=1S/C9H15N3/c1-6-3-8(10-4-6)9-11-5-7(2)12-9/h5-6,8,10H,3-4H2,1-2H3,(H,11,12)/t6-,8-/m0/s1. The number of rotatable bonds is 1. The normalized spacial score (nSPS) is 29.5. The van der Waals surface area contributed by atoms with Crippen molar-refractivity contribution in [3.63, 3.8) is 0 Å². The van der Waals surface area contributed by atoms with Crippen LogP contribution in [0, 0.1) is 12.8 Å². The summed E-state index contributed by atoms with van der Waals surface area (Å²) in [6, 6.07) is 0.452. The van der Waals surface area contributed by atoms with Crippen molar-refractivity contribution in [3.8, 4) is 0 Å². The molecule has 3 nitrogen and oxygen atoms in total. The molecule has 3 heteroatoms. The lowest BCUT2D eigenvalue weighted by molar-refractivity contribution is 0.587. The first-order valence-corrected chi connectivity index (χ1v) is 4.50. The maximum atomic E-state index is 4.31. The van der Waals surface area contributed by atoms with Gasteiger partial charge in [0.15, 0.2) is 0 Å². The maximum Gasteiger partial charge on any atom is 0.123 e. The molecule has 0 saturated carbocycles. The quantitative estimate of drug-likeness (QED) is 0.660. The molecule has 1 fully saturated rings. The fraction of sp³-hybridized carbons (Fsp3) is 0.667. The molecule has 1 saturated heterocycles. The second-order valence-corrected chi connectivity index (χ2v) is 3.75. The molecule has 1 aromatic heterocycles. The maximum absolute atomic E-state index is 4.31. The zero-order valence-electron chi connectivity index (χ0n) is 7.59. The molecular weight excluding hydrogens is 150 g/mol. The lowest BCUT2D eigenvalue weighted by atomic mass is 10.1. The minimum atomic E-state index is 0.452. The lowest BCUT2D eigenvalue weighted by Crippen LogP contribution is -2.14. The average molecular weight is 165 g/mol. The zero-order chi connectivity index (χ0) is 8.55. The van der Waals surface area contributed by atoms with Gasteiger partial charge in [0.1, 0.15) is 5.82 Å². The average Bonchev–Trinajstić information content (AvgIpc) is 2.58. The second kappa shape index (κ2) is 2.90. The third kappa shape index (κ3) is 1.37. The van der Waals surface area contributed by atoms with Gasteiger partial charge in [0.2, 0.25) is 0 Å². The number of aryl methyl sites for hydroxylation is 1. The Morgan fingerprint density at radius 3 is 2.92 bits per heavy atom.